The van der Waals surface area contributed by atoms with Gasteiger partial charge in [-0.3, -0.25) is 4.79 Å². The van der Waals surface area contributed by atoms with E-state index in [0.717, 1.165) is 22.0 Å². The number of anilines is 1. The summed E-state index contributed by atoms with van der Waals surface area (Å²) in [6.45, 7) is 4.15. The Bertz CT molecular complexity index is 1240. The van der Waals surface area contributed by atoms with Gasteiger partial charge in [0, 0.05) is 42.2 Å². The summed E-state index contributed by atoms with van der Waals surface area (Å²) in [5.41, 5.74) is 8.96. The number of methoxy groups -OCH3 is 1. The molecule has 162 valence electrons. The first-order valence-electron chi connectivity index (χ1n) is 10.2. The van der Waals surface area contributed by atoms with Crippen molar-refractivity contribution < 1.29 is 9.53 Å². The fraction of sp³-hybridized carbons (Fsp3) is 0.208. The fourth-order valence-electron chi connectivity index (χ4n) is 3.47. The molecule has 1 atom stereocenters. The Morgan fingerprint density at radius 1 is 1.12 bits per heavy atom. The van der Waals surface area contributed by atoms with E-state index in [4.69, 9.17) is 10.5 Å². The molecule has 0 saturated carbocycles. The molecule has 0 unspecified atom stereocenters. The number of aromatic nitrogens is 4. The average Bonchev–Trinajstić information content (AvgIpc) is 2.83. The molecule has 8 nitrogen and oxygen atoms in total. The largest absolute Gasteiger partial charge is 0.481 e. The van der Waals surface area contributed by atoms with Crippen LogP contribution in [-0.4, -0.2) is 37.9 Å². The zero-order valence-electron chi connectivity index (χ0n) is 18.2. The average molecular weight is 428 g/mol. The molecule has 3 aromatic heterocycles. The summed E-state index contributed by atoms with van der Waals surface area (Å²) in [5, 5.41) is 0.859. The van der Waals surface area contributed by atoms with Crippen molar-refractivity contribution in [1.82, 2.24) is 24.8 Å². The third kappa shape index (κ3) is 4.34. The third-order valence-corrected chi connectivity index (χ3v) is 5.34. The Morgan fingerprint density at radius 3 is 2.59 bits per heavy atom. The molecule has 2 N–H and O–H groups in total. The number of carbonyl (C=O) groups excluding carboxylic acids is 1. The van der Waals surface area contributed by atoms with Gasteiger partial charge in [0.05, 0.1) is 18.7 Å². The van der Waals surface area contributed by atoms with Crippen molar-refractivity contribution in [2.45, 2.75) is 26.4 Å². The van der Waals surface area contributed by atoms with E-state index in [9.17, 15) is 4.79 Å². The lowest BCUT2D eigenvalue weighted by molar-refractivity contribution is 0.0666. The number of nitrogens with two attached hydrogens (primary N) is 1. The molecule has 8 heteroatoms. The molecule has 32 heavy (non-hydrogen) atoms. The second kappa shape index (κ2) is 8.97. The molecule has 4 rings (SSSR count). The van der Waals surface area contributed by atoms with Gasteiger partial charge in [-0.05, 0) is 55.3 Å². The molecule has 0 saturated heterocycles. The van der Waals surface area contributed by atoms with Crippen LogP contribution in [0.3, 0.4) is 0 Å². The van der Waals surface area contributed by atoms with Crippen molar-refractivity contribution in [3.05, 3.63) is 83.6 Å². The first kappa shape index (κ1) is 21.2. The van der Waals surface area contributed by atoms with Crippen molar-refractivity contribution in [1.29, 1.82) is 0 Å². The first-order chi connectivity index (χ1) is 15.5. The predicted octanol–water partition coefficient (Wildman–Crippen LogP) is 3.72. The summed E-state index contributed by atoms with van der Waals surface area (Å²) in [6.07, 6.45) is 5.05. The maximum atomic E-state index is 13.7. The van der Waals surface area contributed by atoms with Gasteiger partial charge in [0.15, 0.2) is 0 Å². The van der Waals surface area contributed by atoms with E-state index in [1.807, 2.05) is 38.1 Å². The highest BCUT2D eigenvalue weighted by Gasteiger charge is 2.25. The molecule has 0 aliphatic rings. The molecule has 0 radical (unpaired) electrons. The van der Waals surface area contributed by atoms with E-state index >= 15 is 0 Å². The number of rotatable bonds is 6. The quantitative estimate of drug-likeness (QED) is 0.499. The third-order valence-electron chi connectivity index (χ3n) is 5.34. The highest BCUT2D eigenvalue weighted by molar-refractivity contribution is 5.98. The van der Waals surface area contributed by atoms with Gasteiger partial charge >= 0.3 is 0 Å². The highest BCUT2D eigenvalue weighted by atomic mass is 16.5. The van der Waals surface area contributed by atoms with E-state index < -0.39 is 0 Å². The number of nitrogens with zero attached hydrogens (tertiary/aromatic N) is 5. The molecule has 1 amide bonds. The molecule has 0 fully saturated rings. The molecule has 4 aromatic rings. The Balaban J connectivity index is 1.71. The van der Waals surface area contributed by atoms with Crippen molar-refractivity contribution in [3.8, 4) is 5.88 Å². The van der Waals surface area contributed by atoms with Crippen LogP contribution in [0.1, 0.15) is 40.3 Å². The number of pyridine rings is 2. The normalized spacial score (nSPS) is 11.8. The number of hydrogen-bond donors (Lipinski definition) is 1. The number of amides is 1. The van der Waals surface area contributed by atoms with E-state index in [1.54, 1.807) is 48.8 Å². The van der Waals surface area contributed by atoms with Crippen molar-refractivity contribution in [2.75, 3.05) is 12.8 Å². The lowest BCUT2D eigenvalue weighted by Crippen LogP contribution is -2.34. The predicted molar refractivity (Wildman–Crippen MR) is 122 cm³/mol. The van der Waals surface area contributed by atoms with Gasteiger partial charge < -0.3 is 15.4 Å². The van der Waals surface area contributed by atoms with Gasteiger partial charge in [-0.1, -0.05) is 6.07 Å². The van der Waals surface area contributed by atoms with Gasteiger partial charge in [-0.2, -0.15) is 0 Å². The Kier molecular flexibility index (Phi) is 5.93. The first-order valence-corrected chi connectivity index (χ1v) is 10.2. The summed E-state index contributed by atoms with van der Waals surface area (Å²) < 4.78 is 5.14. The van der Waals surface area contributed by atoms with Crippen LogP contribution in [-0.2, 0) is 6.54 Å². The van der Waals surface area contributed by atoms with Gasteiger partial charge in [0.1, 0.15) is 11.6 Å². The summed E-state index contributed by atoms with van der Waals surface area (Å²) in [7, 11) is 1.57. The Morgan fingerprint density at radius 2 is 1.91 bits per heavy atom. The maximum Gasteiger partial charge on any atom is 0.254 e. The molecular weight excluding hydrogens is 404 g/mol. The summed E-state index contributed by atoms with van der Waals surface area (Å²) >= 11 is 0. The van der Waals surface area contributed by atoms with Gasteiger partial charge in [-0.15, -0.1) is 0 Å². The zero-order valence-corrected chi connectivity index (χ0v) is 18.2. The van der Waals surface area contributed by atoms with Crippen molar-refractivity contribution in [3.63, 3.8) is 0 Å². The molecule has 1 aromatic carbocycles. The fourth-order valence-corrected chi connectivity index (χ4v) is 3.47. The molecule has 0 bridgehead atoms. The van der Waals surface area contributed by atoms with Gasteiger partial charge in [0.25, 0.3) is 5.91 Å². The molecular formula is C24H24N6O2. The van der Waals surface area contributed by atoms with Crippen LogP contribution in [0.2, 0.25) is 0 Å². The lowest BCUT2D eigenvalue weighted by atomic mass is 10.1. The number of hydrogen-bond acceptors (Lipinski definition) is 7. The second-order valence-corrected chi connectivity index (χ2v) is 7.52. The number of aryl methyl sites for hydroxylation is 1. The smallest absolute Gasteiger partial charge is 0.254 e. The summed E-state index contributed by atoms with van der Waals surface area (Å²) in [4.78, 5) is 32.8. The minimum atomic E-state index is -0.354. The lowest BCUT2D eigenvalue weighted by Gasteiger charge is -2.28. The standard InChI is InChI=1S/C24H24N6O2/c1-15-11-19-12-18(6-7-20(19)29-22(15)25)24(31)30(16(2)23-26-9-4-10-27-23)14-17-5-8-21(32-3)28-13-17/h4-13,16H,14H2,1-3H3,(H2,25,29)/t16-/m1/s1. The molecule has 0 aliphatic carbocycles. The number of nitrogen functional groups attached to an aromatic ring is 1. The van der Waals surface area contributed by atoms with E-state index in [2.05, 4.69) is 19.9 Å². The Hall–Kier alpha value is -4.07. The van der Waals surface area contributed by atoms with Crippen LogP contribution < -0.4 is 10.5 Å². The molecule has 0 spiro atoms. The van der Waals surface area contributed by atoms with Crippen LogP contribution in [0.4, 0.5) is 5.82 Å². The summed E-state index contributed by atoms with van der Waals surface area (Å²) in [5.74, 6) is 1.42. The van der Waals surface area contributed by atoms with Gasteiger partial charge in [0.2, 0.25) is 5.88 Å². The second-order valence-electron chi connectivity index (χ2n) is 7.52. The highest BCUT2D eigenvalue weighted by Crippen LogP contribution is 2.25. The summed E-state index contributed by atoms with van der Waals surface area (Å²) in [6, 6.07) is 12.4. The van der Waals surface area contributed by atoms with Crippen LogP contribution in [0, 0.1) is 6.92 Å². The molecule has 0 aliphatic heterocycles. The van der Waals surface area contributed by atoms with Crippen LogP contribution >= 0.6 is 0 Å². The Labute approximate surface area is 186 Å². The maximum absolute atomic E-state index is 13.7. The molecule has 3 heterocycles. The number of benzene rings is 1. The van der Waals surface area contributed by atoms with E-state index in [-0.39, 0.29) is 11.9 Å². The van der Waals surface area contributed by atoms with E-state index in [1.165, 1.54) is 0 Å². The van der Waals surface area contributed by atoms with Crippen LogP contribution in [0.15, 0.2) is 61.1 Å². The number of carbonyl (C=O) groups is 1. The van der Waals surface area contributed by atoms with E-state index in [0.29, 0.717) is 29.6 Å². The SMILES string of the molecule is COc1ccc(CN(C(=O)c2ccc3nc(N)c(C)cc3c2)[C@H](C)c2ncccn2)cn1. The topological polar surface area (TPSA) is 107 Å². The zero-order chi connectivity index (χ0) is 22.7. The number of fused-ring (bicyclic) bond motifs is 1. The van der Waals surface area contributed by atoms with Gasteiger partial charge in [-0.25, -0.2) is 19.9 Å². The number of ether oxygens (including phenoxy) is 1. The van der Waals surface area contributed by atoms with Crippen LogP contribution in [0.5, 0.6) is 5.88 Å². The van der Waals surface area contributed by atoms with Crippen molar-refractivity contribution in [2.24, 2.45) is 0 Å². The van der Waals surface area contributed by atoms with Crippen LogP contribution in [0.25, 0.3) is 10.9 Å². The monoisotopic (exact) mass is 428 g/mol. The van der Waals surface area contributed by atoms with Crippen molar-refractivity contribution >= 4 is 22.6 Å². The minimum absolute atomic E-state index is 0.142. The minimum Gasteiger partial charge on any atom is -0.481 e.